The van der Waals surface area contributed by atoms with E-state index in [9.17, 15) is 0 Å². The summed E-state index contributed by atoms with van der Waals surface area (Å²) in [6, 6.07) is 1.65. The molecule has 0 saturated carbocycles. The Labute approximate surface area is 105 Å². The van der Waals surface area contributed by atoms with Gasteiger partial charge in [0.2, 0.25) is 0 Å². The number of rotatable bonds is 1. The van der Waals surface area contributed by atoms with Gasteiger partial charge in [-0.1, -0.05) is 6.42 Å². The standard InChI is InChI=1S/C14H26N2O/c1-12-10-13(5-9-17-12)16-8-7-15-6-3-2-4-14(15)11-16/h12-14H,2-11H2,1H3. The summed E-state index contributed by atoms with van der Waals surface area (Å²) in [6.45, 7) is 8.45. The fraction of sp³-hybridized carbons (Fsp3) is 1.00. The number of ether oxygens (including phenoxy) is 1. The van der Waals surface area contributed by atoms with Gasteiger partial charge in [0.15, 0.2) is 0 Å². The van der Waals surface area contributed by atoms with Crippen LogP contribution in [0.15, 0.2) is 0 Å². The predicted molar refractivity (Wildman–Crippen MR) is 69.2 cm³/mol. The van der Waals surface area contributed by atoms with Crippen LogP contribution in [0.4, 0.5) is 0 Å². The van der Waals surface area contributed by atoms with Crippen molar-refractivity contribution in [3.8, 4) is 0 Å². The lowest BCUT2D eigenvalue weighted by molar-refractivity contribution is -0.0427. The lowest BCUT2D eigenvalue weighted by Gasteiger charge is -2.47. The van der Waals surface area contributed by atoms with Crippen molar-refractivity contribution in [2.24, 2.45) is 0 Å². The molecule has 0 amide bonds. The SMILES string of the molecule is CC1CC(N2CCN3CCCCC3C2)CCO1. The highest BCUT2D eigenvalue weighted by Gasteiger charge is 2.33. The van der Waals surface area contributed by atoms with Crippen molar-refractivity contribution >= 4 is 0 Å². The summed E-state index contributed by atoms with van der Waals surface area (Å²) >= 11 is 0. The van der Waals surface area contributed by atoms with Gasteiger partial charge in [-0.2, -0.15) is 0 Å². The molecule has 0 aromatic rings. The number of hydrogen-bond donors (Lipinski definition) is 0. The average molecular weight is 238 g/mol. The van der Waals surface area contributed by atoms with E-state index in [-0.39, 0.29) is 0 Å². The van der Waals surface area contributed by atoms with Gasteiger partial charge < -0.3 is 4.74 Å². The van der Waals surface area contributed by atoms with Crippen molar-refractivity contribution < 1.29 is 4.74 Å². The lowest BCUT2D eigenvalue weighted by Crippen LogP contribution is -2.58. The van der Waals surface area contributed by atoms with Crippen LogP contribution in [0, 0.1) is 0 Å². The van der Waals surface area contributed by atoms with Crippen molar-refractivity contribution in [1.82, 2.24) is 9.80 Å². The molecule has 3 aliphatic rings. The Bertz CT molecular complexity index is 259. The highest BCUT2D eigenvalue weighted by atomic mass is 16.5. The van der Waals surface area contributed by atoms with E-state index in [4.69, 9.17) is 4.74 Å². The number of nitrogens with zero attached hydrogens (tertiary/aromatic N) is 2. The molecule has 3 fully saturated rings. The van der Waals surface area contributed by atoms with Gasteiger partial charge in [0.05, 0.1) is 6.10 Å². The first-order valence-electron chi connectivity index (χ1n) is 7.42. The fourth-order valence-electron chi connectivity index (χ4n) is 3.82. The van der Waals surface area contributed by atoms with Gasteiger partial charge in [-0.25, -0.2) is 0 Å². The van der Waals surface area contributed by atoms with Crippen LogP contribution in [0.5, 0.6) is 0 Å². The van der Waals surface area contributed by atoms with Crippen LogP contribution in [0.1, 0.15) is 39.0 Å². The monoisotopic (exact) mass is 238 g/mol. The smallest absolute Gasteiger partial charge is 0.0561 e. The van der Waals surface area contributed by atoms with Gasteiger partial charge in [0, 0.05) is 38.3 Å². The Hall–Kier alpha value is -0.120. The van der Waals surface area contributed by atoms with Crippen LogP contribution >= 0.6 is 0 Å². The zero-order chi connectivity index (χ0) is 11.7. The molecule has 0 bridgehead atoms. The third-order valence-electron chi connectivity index (χ3n) is 4.84. The minimum atomic E-state index is 0.470. The highest BCUT2D eigenvalue weighted by molar-refractivity contribution is 4.89. The predicted octanol–water partition coefficient (Wildman–Crippen LogP) is 1.72. The lowest BCUT2D eigenvalue weighted by atomic mass is 9.96. The third-order valence-corrected chi connectivity index (χ3v) is 4.84. The Morgan fingerprint density at radius 3 is 2.71 bits per heavy atom. The zero-order valence-corrected chi connectivity index (χ0v) is 11.1. The van der Waals surface area contributed by atoms with Crippen molar-refractivity contribution in [2.75, 3.05) is 32.8 Å². The minimum Gasteiger partial charge on any atom is -0.378 e. The van der Waals surface area contributed by atoms with E-state index in [2.05, 4.69) is 16.7 Å². The summed E-state index contributed by atoms with van der Waals surface area (Å²) < 4.78 is 5.67. The summed E-state index contributed by atoms with van der Waals surface area (Å²) in [5.74, 6) is 0. The first-order valence-corrected chi connectivity index (χ1v) is 7.42. The molecular weight excluding hydrogens is 212 g/mol. The molecule has 98 valence electrons. The summed E-state index contributed by atoms with van der Waals surface area (Å²) in [6.07, 6.45) is 7.25. The molecule has 3 atom stereocenters. The normalized spacial score (nSPS) is 41.1. The molecule has 3 unspecified atom stereocenters. The van der Waals surface area contributed by atoms with Gasteiger partial charge in [-0.05, 0) is 39.2 Å². The summed E-state index contributed by atoms with van der Waals surface area (Å²) in [7, 11) is 0. The Morgan fingerprint density at radius 1 is 0.941 bits per heavy atom. The number of piperazine rings is 1. The van der Waals surface area contributed by atoms with E-state index < -0.39 is 0 Å². The quantitative estimate of drug-likeness (QED) is 0.692. The van der Waals surface area contributed by atoms with E-state index in [0.717, 1.165) is 18.7 Å². The van der Waals surface area contributed by atoms with Crippen LogP contribution in [-0.2, 0) is 4.74 Å². The Balaban J connectivity index is 1.57. The highest BCUT2D eigenvalue weighted by Crippen LogP contribution is 2.26. The van der Waals surface area contributed by atoms with E-state index in [1.54, 1.807) is 0 Å². The van der Waals surface area contributed by atoms with E-state index in [1.807, 2.05) is 0 Å². The van der Waals surface area contributed by atoms with Crippen LogP contribution in [0.3, 0.4) is 0 Å². The largest absolute Gasteiger partial charge is 0.378 e. The van der Waals surface area contributed by atoms with Gasteiger partial charge in [0.1, 0.15) is 0 Å². The topological polar surface area (TPSA) is 15.7 Å². The van der Waals surface area contributed by atoms with Crippen molar-refractivity contribution in [2.45, 2.75) is 57.2 Å². The van der Waals surface area contributed by atoms with E-state index in [0.29, 0.717) is 6.10 Å². The number of piperidine rings is 1. The summed E-state index contributed by atoms with van der Waals surface area (Å²) in [4.78, 5) is 5.48. The van der Waals surface area contributed by atoms with Crippen LogP contribution in [0.25, 0.3) is 0 Å². The molecule has 0 aromatic heterocycles. The van der Waals surface area contributed by atoms with Crippen molar-refractivity contribution in [1.29, 1.82) is 0 Å². The number of hydrogen-bond acceptors (Lipinski definition) is 3. The Kier molecular flexibility index (Phi) is 3.69. The molecule has 3 heterocycles. The first-order chi connectivity index (χ1) is 8.33. The van der Waals surface area contributed by atoms with Gasteiger partial charge >= 0.3 is 0 Å². The number of fused-ring (bicyclic) bond motifs is 1. The van der Waals surface area contributed by atoms with E-state index >= 15 is 0 Å². The van der Waals surface area contributed by atoms with Crippen molar-refractivity contribution in [3.63, 3.8) is 0 Å². The maximum absolute atomic E-state index is 5.67. The molecule has 3 aliphatic heterocycles. The summed E-state index contributed by atoms with van der Waals surface area (Å²) in [5.41, 5.74) is 0. The molecule has 3 rings (SSSR count). The van der Waals surface area contributed by atoms with Crippen LogP contribution in [0.2, 0.25) is 0 Å². The van der Waals surface area contributed by atoms with Crippen LogP contribution in [-0.4, -0.2) is 60.8 Å². The second-order valence-electron chi connectivity index (χ2n) is 6.04. The molecular formula is C14H26N2O. The molecule has 0 radical (unpaired) electrons. The second kappa shape index (κ2) is 5.25. The van der Waals surface area contributed by atoms with Gasteiger partial charge in [-0.3, -0.25) is 9.80 Å². The second-order valence-corrected chi connectivity index (χ2v) is 6.04. The maximum Gasteiger partial charge on any atom is 0.0561 e. The maximum atomic E-state index is 5.67. The summed E-state index contributed by atoms with van der Waals surface area (Å²) in [5, 5.41) is 0. The third kappa shape index (κ3) is 2.67. The molecule has 3 nitrogen and oxygen atoms in total. The molecule has 3 heteroatoms. The average Bonchev–Trinajstić information content (AvgIpc) is 2.38. The molecule has 0 aromatic carbocycles. The zero-order valence-electron chi connectivity index (χ0n) is 11.1. The van der Waals surface area contributed by atoms with Gasteiger partial charge in [-0.15, -0.1) is 0 Å². The first kappa shape index (κ1) is 11.9. The van der Waals surface area contributed by atoms with Crippen molar-refractivity contribution in [3.05, 3.63) is 0 Å². The molecule has 0 N–H and O–H groups in total. The molecule has 17 heavy (non-hydrogen) atoms. The molecule has 3 saturated heterocycles. The Morgan fingerprint density at radius 2 is 1.82 bits per heavy atom. The van der Waals surface area contributed by atoms with E-state index in [1.165, 1.54) is 58.3 Å². The minimum absolute atomic E-state index is 0.470. The van der Waals surface area contributed by atoms with Crippen LogP contribution < -0.4 is 0 Å². The fourth-order valence-corrected chi connectivity index (χ4v) is 3.82. The molecule has 0 spiro atoms. The molecule has 0 aliphatic carbocycles. The van der Waals surface area contributed by atoms with Gasteiger partial charge in [0.25, 0.3) is 0 Å².